The summed E-state index contributed by atoms with van der Waals surface area (Å²) in [6, 6.07) is 0. The van der Waals surface area contributed by atoms with Gasteiger partial charge in [-0.1, -0.05) is 77.6 Å². The second kappa shape index (κ2) is 11.9. The van der Waals surface area contributed by atoms with Crippen LogP contribution in [0.5, 0.6) is 0 Å². The molecule has 1 aliphatic heterocycles. The number of rotatable bonds is 13. The van der Waals surface area contributed by atoms with Crippen LogP contribution in [0.2, 0.25) is 0 Å². The van der Waals surface area contributed by atoms with Gasteiger partial charge in [0.2, 0.25) is 0 Å². The molecule has 0 atom stereocenters. The van der Waals surface area contributed by atoms with E-state index in [0.717, 1.165) is 12.1 Å². The van der Waals surface area contributed by atoms with Gasteiger partial charge in [-0.3, -0.25) is 4.79 Å². The van der Waals surface area contributed by atoms with Crippen molar-refractivity contribution >= 4 is 11.6 Å². The van der Waals surface area contributed by atoms with Crippen molar-refractivity contribution in [3.63, 3.8) is 0 Å². The molecule has 0 N–H and O–H groups in total. The number of allylic oxidation sites excluding steroid dienone is 1. The molecular formula is C18H31NO. The Hall–Kier alpha value is -0.920. The van der Waals surface area contributed by atoms with Crippen molar-refractivity contribution in [3.05, 3.63) is 12.2 Å². The minimum Gasteiger partial charge on any atom is -0.267 e. The normalized spacial score (nSPS) is 14.1. The number of aliphatic imine (C=N–C) groups is 1. The van der Waals surface area contributed by atoms with E-state index in [1.807, 2.05) is 6.08 Å². The molecule has 0 aliphatic carbocycles. The van der Waals surface area contributed by atoms with E-state index in [0.29, 0.717) is 0 Å². The molecule has 20 heavy (non-hydrogen) atoms. The van der Waals surface area contributed by atoms with Gasteiger partial charge in [0.25, 0.3) is 5.91 Å². The van der Waals surface area contributed by atoms with Crippen LogP contribution in [0.25, 0.3) is 0 Å². The molecule has 0 aromatic carbocycles. The zero-order valence-corrected chi connectivity index (χ0v) is 13.2. The van der Waals surface area contributed by atoms with E-state index in [1.165, 1.54) is 77.0 Å². The first-order valence-electron chi connectivity index (χ1n) is 8.62. The molecule has 0 spiro atoms. The van der Waals surface area contributed by atoms with E-state index in [1.54, 1.807) is 6.08 Å². The minimum absolute atomic E-state index is 0.0843. The monoisotopic (exact) mass is 277 g/mol. The molecular weight excluding hydrogens is 246 g/mol. The Balaban J connectivity index is 1.76. The first-order valence-corrected chi connectivity index (χ1v) is 8.62. The van der Waals surface area contributed by atoms with Gasteiger partial charge in [-0.25, -0.2) is 4.99 Å². The second-order valence-corrected chi connectivity index (χ2v) is 5.91. The van der Waals surface area contributed by atoms with Gasteiger partial charge < -0.3 is 0 Å². The molecule has 0 radical (unpaired) electrons. The van der Waals surface area contributed by atoms with Crippen molar-refractivity contribution in [2.45, 2.75) is 90.4 Å². The lowest BCUT2D eigenvalue weighted by molar-refractivity contribution is -0.113. The summed E-state index contributed by atoms with van der Waals surface area (Å²) in [6.07, 6.45) is 20.8. The minimum atomic E-state index is -0.0843. The van der Waals surface area contributed by atoms with E-state index < -0.39 is 0 Å². The number of hydrogen-bond donors (Lipinski definition) is 0. The largest absolute Gasteiger partial charge is 0.269 e. The lowest BCUT2D eigenvalue weighted by atomic mass is 10.0. The van der Waals surface area contributed by atoms with Crippen molar-refractivity contribution in [2.75, 3.05) is 0 Å². The van der Waals surface area contributed by atoms with Crippen molar-refractivity contribution in [1.29, 1.82) is 0 Å². The standard InChI is InChI=1S/C18H31NO/c1-2-3-4-5-6-7-8-9-10-11-12-13-14-17-15-16-18(20)19-17/h15-16H,2-14H2,1H3. The average Bonchev–Trinajstić information content (AvgIpc) is 2.86. The van der Waals surface area contributed by atoms with Gasteiger partial charge in [0.15, 0.2) is 0 Å². The van der Waals surface area contributed by atoms with E-state index in [9.17, 15) is 4.79 Å². The number of unbranched alkanes of at least 4 members (excludes halogenated alkanes) is 11. The number of nitrogens with zero attached hydrogens (tertiary/aromatic N) is 1. The van der Waals surface area contributed by atoms with Gasteiger partial charge >= 0.3 is 0 Å². The van der Waals surface area contributed by atoms with Gasteiger partial charge in [0.1, 0.15) is 0 Å². The predicted molar refractivity (Wildman–Crippen MR) is 87.3 cm³/mol. The van der Waals surface area contributed by atoms with Crippen LogP contribution in [0.1, 0.15) is 90.4 Å². The molecule has 1 aliphatic rings. The SMILES string of the molecule is CCCCCCCCCCCCCCC1=NC(=O)C=C1. The molecule has 1 heterocycles. The Kier molecular flexibility index (Phi) is 10.2. The van der Waals surface area contributed by atoms with Crippen LogP contribution >= 0.6 is 0 Å². The summed E-state index contributed by atoms with van der Waals surface area (Å²) in [4.78, 5) is 14.8. The van der Waals surface area contributed by atoms with Crippen molar-refractivity contribution in [3.8, 4) is 0 Å². The highest BCUT2D eigenvalue weighted by Crippen LogP contribution is 2.13. The molecule has 2 nitrogen and oxygen atoms in total. The number of hydrogen-bond acceptors (Lipinski definition) is 1. The zero-order valence-electron chi connectivity index (χ0n) is 13.2. The van der Waals surface area contributed by atoms with Gasteiger partial charge in [0.05, 0.1) is 0 Å². The van der Waals surface area contributed by atoms with Gasteiger partial charge in [-0.15, -0.1) is 0 Å². The second-order valence-electron chi connectivity index (χ2n) is 5.91. The van der Waals surface area contributed by atoms with Crippen molar-refractivity contribution in [2.24, 2.45) is 4.99 Å². The van der Waals surface area contributed by atoms with E-state index in [4.69, 9.17) is 0 Å². The van der Waals surface area contributed by atoms with Crippen LogP contribution in [0.3, 0.4) is 0 Å². The van der Waals surface area contributed by atoms with Crippen molar-refractivity contribution in [1.82, 2.24) is 0 Å². The highest BCUT2D eigenvalue weighted by molar-refractivity contribution is 6.12. The summed E-state index contributed by atoms with van der Waals surface area (Å²) in [6.45, 7) is 2.27. The third-order valence-corrected chi connectivity index (χ3v) is 3.96. The summed E-state index contributed by atoms with van der Waals surface area (Å²) in [5.74, 6) is -0.0843. The Morgan fingerprint density at radius 2 is 1.25 bits per heavy atom. The number of carbonyl (C=O) groups excluding carboxylic acids is 1. The van der Waals surface area contributed by atoms with Gasteiger partial charge in [0, 0.05) is 11.8 Å². The topological polar surface area (TPSA) is 29.4 Å². The van der Waals surface area contributed by atoms with E-state index >= 15 is 0 Å². The van der Waals surface area contributed by atoms with Gasteiger partial charge in [-0.05, 0) is 18.9 Å². The molecule has 0 unspecified atom stereocenters. The molecule has 0 aromatic rings. The fourth-order valence-electron chi connectivity index (χ4n) is 2.67. The summed E-state index contributed by atoms with van der Waals surface area (Å²) < 4.78 is 0. The van der Waals surface area contributed by atoms with E-state index in [-0.39, 0.29) is 5.91 Å². The maximum absolute atomic E-state index is 10.9. The fourth-order valence-corrected chi connectivity index (χ4v) is 2.67. The highest BCUT2D eigenvalue weighted by atomic mass is 16.1. The maximum atomic E-state index is 10.9. The first-order chi connectivity index (χ1) is 9.83. The molecule has 0 saturated carbocycles. The molecule has 1 rings (SSSR count). The first kappa shape index (κ1) is 17.1. The number of amides is 1. The Morgan fingerprint density at radius 3 is 1.70 bits per heavy atom. The highest BCUT2D eigenvalue weighted by Gasteiger charge is 2.05. The Labute approximate surface area is 124 Å². The molecule has 0 bridgehead atoms. The van der Waals surface area contributed by atoms with Crippen LogP contribution in [0, 0.1) is 0 Å². The van der Waals surface area contributed by atoms with Crippen LogP contribution in [0.4, 0.5) is 0 Å². The smallest absolute Gasteiger partial charge is 0.267 e. The van der Waals surface area contributed by atoms with Crippen LogP contribution in [-0.4, -0.2) is 11.6 Å². The van der Waals surface area contributed by atoms with Gasteiger partial charge in [-0.2, -0.15) is 0 Å². The average molecular weight is 277 g/mol. The third kappa shape index (κ3) is 9.06. The van der Waals surface area contributed by atoms with E-state index in [2.05, 4.69) is 11.9 Å². The maximum Gasteiger partial charge on any atom is 0.269 e. The fraction of sp³-hybridized carbons (Fsp3) is 0.778. The Bertz CT molecular complexity index is 317. The molecule has 0 saturated heterocycles. The molecule has 0 fully saturated rings. The number of carbonyl (C=O) groups is 1. The summed E-state index contributed by atoms with van der Waals surface area (Å²) in [7, 11) is 0. The Morgan fingerprint density at radius 1 is 0.750 bits per heavy atom. The molecule has 114 valence electrons. The summed E-state index contributed by atoms with van der Waals surface area (Å²) in [5, 5.41) is 0. The quantitative estimate of drug-likeness (QED) is 0.402. The van der Waals surface area contributed by atoms with Crippen LogP contribution in [-0.2, 0) is 4.79 Å². The van der Waals surface area contributed by atoms with Crippen LogP contribution < -0.4 is 0 Å². The van der Waals surface area contributed by atoms with Crippen LogP contribution in [0.15, 0.2) is 17.1 Å². The predicted octanol–water partition coefficient (Wildman–Crippen LogP) is 5.62. The third-order valence-electron chi connectivity index (χ3n) is 3.96. The molecule has 2 heteroatoms. The molecule has 1 amide bonds. The zero-order chi connectivity index (χ0) is 14.5. The lowest BCUT2D eigenvalue weighted by Gasteiger charge is -2.02. The lowest BCUT2D eigenvalue weighted by Crippen LogP contribution is -1.91. The van der Waals surface area contributed by atoms with Crippen molar-refractivity contribution < 1.29 is 4.79 Å². The summed E-state index contributed by atoms with van der Waals surface area (Å²) in [5.41, 5.74) is 0.974. The molecule has 0 aromatic heterocycles. The summed E-state index contributed by atoms with van der Waals surface area (Å²) >= 11 is 0.